The van der Waals surface area contributed by atoms with Gasteiger partial charge in [-0.15, -0.1) is 0 Å². The number of nitrogens with zero attached hydrogens (tertiary/aromatic N) is 1. The molecule has 3 aromatic carbocycles. The van der Waals surface area contributed by atoms with Gasteiger partial charge < -0.3 is 14.2 Å². The summed E-state index contributed by atoms with van der Waals surface area (Å²) >= 11 is 0. The fourth-order valence-corrected chi connectivity index (χ4v) is 3.39. The van der Waals surface area contributed by atoms with Crippen LogP contribution in [0.1, 0.15) is 47.8 Å². The number of ether oxygens (including phenoxy) is 3. The Morgan fingerprint density at radius 1 is 0.941 bits per heavy atom. The van der Waals surface area contributed by atoms with Crippen molar-refractivity contribution in [2.24, 2.45) is 4.99 Å². The van der Waals surface area contributed by atoms with Crippen LogP contribution in [0.25, 0.3) is 6.08 Å². The van der Waals surface area contributed by atoms with Gasteiger partial charge in [0.15, 0.2) is 17.2 Å². The van der Waals surface area contributed by atoms with Crippen molar-refractivity contribution in [3.8, 4) is 11.5 Å². The fourth-order valence-electron chi connectivity index (χ4n) is 3.39. The Hall–Kier alpha value is -4.19. The molecule has 1 aliphatic heterocycles. The van der Waals surface area contributed by atoms with E-state index in [2.05, 4.69) is 25.8 Å². The van der Waals surface area contributed by atoms with E-state index in [1.165, 1.54) is 12.7 Å². The summed E-state index contributed by atoms with van der Waals surface area (Å²) in [5.41, 5.74) is 3.19. The van der Waals surface area contributed by atoms with Gasteiger partial charge in [-0.2, -0.15) is 0 Å². The van der Waals surface area contributed by atoms with Crippen molar-refractivity contribution in [2.75, 3.05) is 7.11 Å². The van der Waals surface area contributed by atoms with E-state index in [-0.39, 0.29) is 22.8 Å². The molecule has 0 radical (unpaired) electrons. The second-order valence-electron chi connectivity index (χ2n) is 8.83. The zero-order valence-corrected chi connectivity index (χ0v) is 19.5. The summed E-state index contributed by atoms with van der Waals surface area (Å²) in [6, 6.07) is 21.5. The third-order valence-electron chi connectivity index (χ3n) is 5.32. The maximum Gasteiger partial charge on any atom is 0.363 e. The molecular weight excluding hydrogens is 430 g/mol. The molecule has 0 spiro atoms. The van der Waals surface area contributed by atoms with E-state index >= 15 is 0 Å². The minimum absolute atomic E-state index is 0.0262. The van der Waals surface area contributed by atoms with Crippen LogP contribution in [0.15, 0.2) is 83.5 Å². The predicted molar refractivity (Wildman–Crippen MR) is 130 cm³/mol. The molecule has 0 saturated carbocycles. The number of benzene rings is 3. The van der Waals surface area contributed by atoms with Crippen LogP contribution in [-0.2, 0) is 14.9 Å². The second-order valence-corrected chi connectivity index (χ2v) is 8.83. The Morgan fingerprint density at radius 3 is 2.29 bits per heavy atom. The lowest BCUT2D eigenvalue weighted by molar-refractivity contribution is -0.129. The molecule has 3 aromatic rings. The van der Waals surface area contributed by atoms with Crippen LogP contribution >= 0.6 is 0 Å². The number of hydrogen-bond donors (Lipinski definition) is 0. The Morgan fingerprint density at radius 2 is 1.65 bits per heavy atom. The second kappa shape index (κ2) is 9.35. The van der Waals surface area contributed by atoms with E-state index in [0.717, 1.165) is 5.56 Å². The molecule has 172 valence electrons. The molecule has 1 aliphatic rings. The molecular formula is C28H25NO5. The van der Waals surface area contributed by atoms with Crippen molar-refractivity contribution in [1.29, 1.82) is 0 Å². The van der Waals surface area contributed by atoms with E-state index in [1.807, 2.05) is 30.3 Å². The zero-order valence-electron chi connectivity index (χ0n) is 19.5. The standard InChI is InChI=1S/C28H25NO5/c1-28(2,3)21-13-11-19(12-14-21)25-29-22(27(31)34-25)16-18-10-15-23(24(17-18)32-4)33-26(30)20-8-6-5-7-9-20/h5-17H,1-4H3/b22-16-. The first kappa shape index (κ1) is 23.0. The van der Waals surface area contributed by atoms with Gasteiger partial charge in [0.05, 0.1) is 12.7 Å². The van der Waals surface area contributed by atoms with Crippen LogP contribution in [0.2, 0.25) is 0 Å². The smallest absolute Gasteiger partial charge is 0.363 e. The molecule has 0 fully saturated rings. The van der Waals surface area contributed by atoms with Gasteiger partial charge >= 0.3 is 11.9 Å². The topological polar surface area (TPSA) is 74.2 Å². The summed E-state index contributed by atoms with van der Waals surface area (Å²) in [5.74, 6) is -0.135. The van der Waals surface area contributed by atoms with E-state index < -0.39 is 11.9 Å². The highest BCUT2D eigenvalue weighted by Gasteiger charge is 2.25. The van der Waals surface area contributed by atoms with Crippen LogP contribution in [0.4, 0.5) is 0 Å². The summed E-state index contributed by atoms with van der Waals surface area (Å²) in [5, 5.41) is 0. The molecule has 0 atom stereocenters. The van der Waals surface area contributed by atoms with E-state index in [1.54, 1.807) is 48.5 Å². The minimum Gasteiger partial charge on any atom is -0.493 e. The number of hydrogen-bond acceptors (Lipinski definition) is 6. The average Bonchev–Trinajstić information content (AvgIpc) is 3.20. The molecule has 0 amide bonds. The first-order chi connectivity index (χ1) is 16.2. The minimum atomic E-state index is -0.534. The third-order valence-corrected chi connectivity index (χ3v) is 5.32. The molecule has 0 unspecified atom stereocenters. The lowest BCUT2D eigenvalue weighted by Crippen LogP contribution is -2.11. The van der Waals surface area contributed by atoms with Gasteiger partial charge in [-0.3, -0.25) is 0 Å². The van der Waals surface area contributed by atoms with E-state index in [9.17, 15) is 9.59 Å². The van der Waals surface area contributed by atoms with Crippen molar-refractivity contribution in [2.45, 2.75) is 26.2 Å². The highest BCUT2D eigenvalue weighted by Crippen LogP contribution is 2.31. The molecule has 1 heterocycles. The molecule has 6 heteroatoms. The maximum atomic E-state index is 12.4. The van der Waals surface area contributed by atoms with Gasteiger partial charge in [0.1, 0.15) is 0 Å². The first-order valence-electron chi connectivity index (χ1n) is 10.8. The highest BCUT2D eigenvalue weighted by atomic mass is 16.6. The van der Waals surface area contributed by atoms with Crippen LogP contribution in [0, 0.1) is 0 Å². The number of aliphatic imine (C=N–C) groups is 1. The van der Waals surface area contributed by atoms with Crippen molar-refractivity contribution < 1.29 is 23.8 Å². The van der Waals surface area contributed by atoms with Gasteiger partial charge in [0.25, 0.3) is 0 Å². The van der Waals surface area contributed by atoms with Gasteiger partial charge in [-0.05, 0) is 59.0 Å². The zero-order chi connectivity index (χ0) is 24.3. The number of methoxy groups -OCH3 is 1. The number of cyclic esters (lactones) is 1. The van der Waals surface area contributed by atoms with Gasteiger partial charge in [-0.1, -0.05) is 57.2 Å². The Bertz CT molecular complexity index is 1280. The van der Waals surface area contributed by atoms with E-state index in [4.69, 9.17) is 14.2 Å². The van der Waals surface area contributed by atoms with Gasteiger partial charge in [0.2, 0.25) is 5.90 Å². The van der Waals surface area contributed by atoms with Crippen LogP contribution in [0.5, 0.6) is 11.5 Å². The number of rotatable bonds is 5. The molecule has 0 bridgehead atoms. The maximum absolute atomic E-state index is 12.4. The molecule has 0 N–H and O–H groups in total. The predicted octanol–water partition coefficient (Wildman–Crippen LogP) is 5.56. The number of carbonyl (C=O) groups excluding carboxylic acids is 2. The lowest BCUT2D eigenvalue weighted by atomic mass is 9.87. The highest BCUT2D eigenvalue weighted by molar-refractivity contribution is 6.12. The van der Waals surface area contributed by atoms with Crippen molar-refractivity contribution >= 4 is 23.9 Å². The normalized spacial score (nSPS) is 14.5. The summed E-state index contributed by atoms with van der Waals surface area (Å²) in [6.07, 6.45) is 1.60. The van der Waals surface area contributed by atoms with Gasteiger partial charge in [0, 0.05) is 5.56 Å². The van der Waals surface area contributed by atoms with E-state index in [0.29, 0.717) is 16.9 Å². The van der Waals surface area contributed by atoms with Crippen LogP contribution in [-0.4, -0.2) is 24.9 Å². The van der Waals surface area contributed by atoms with Crippen LogP contribution < -0.4 is 9.47 Å². The van der Waals surface area contributed by atoms with Crippen molar-refractivity contribution in [1.82, 2.24) is 0 Å². The molecule has 4 rings (SSSR count). The third kappa shape index (κ3) is 5.07. The quantitative estimate of drug-likeness (QED) is 0.286. The molecule has 34 heavy (non-hydrogen) atoms. The largest absolute Gasteiger partial charge is 0.493 e. The van der Waals surface area contributed by atoms with Crippen molar-refractivity contribution in [3.05, 3.63) is 101 Å². The summed E-state index contributed by atoms with van der Waals surface area (Å²) in [6.45, 7) is 6.41. The van der Waals surface area contributed by atoms with Crippen molar-refractivity contribution in [3.63, 3.8) is 0 Å². The summed E-state index contributed by atoms with van der Waals surface area (Å²) in [4.78, 5) is 29.1. The monoisotopic (exact) mass is 455 g/mol. The molecule has 6 nitrogen and oxygen atoms in total. The first-order valence-corrected chi connectivity index (χ1v) is 10.8. The van der Waals surface area contributed by atoms with Gasteiger partial charge in [-0.25, -0.2) is 14.6 Å². The Kier molecular flexibility index (Phi) is 6.32. The summed E-state index contributed by atoms with van der Waals surface area (Å²) < 4.78 is 16.2. The fraction of sp³-hybridized carbons (Fsp3) is 0.179. The number of esters is 2. The Balaban J connectivity index is 1.55. The lowest BCUT2D eigenvalue weighted by Gasteiger charge is -2.18. The molecule has 0 aromatic heterocycles. The van der Waals surface area contributed by atoms with Crippen LogP contribution in [0.3, 0.4) is 0 Å². The molecule has 0 aliphatic carbocycles. The summed E-state index contributed by atoms with van der Waals surface area (Å²) in [7, 11) is 1.48. The average molecular weight is 456 g/mol. The number of carbonyl (C=O) groups is 2. The SMILES string of the molecule is COc1cc(/C=C2\N=C(c3ccc(C(C)(C)C)cc3)OC2=O)ccc1OC(=O)c1ccccc1. The Labute approximate surface area is 198 Å². The molecule has 0 saturated heterocycles.